The molecule has 0 aromatic heterocycles. The topological polar surface area (TPSA) is 81.4 Å². The number of hydrogen-bond donors (Lipinski definition) is 2. The van der Waals surface area contributed by atoms with Crippen LogP contribution in [-0.4, -0.2) is 37.0 Å². The Morgan fingerprint density at radius 3 is 2.53 bits per heavy atom. The molecule has 0 aliphatic carbocycles. The molecule has 1 rings (SSSR count). The maximum Gasteiger partial charge on any atom is 0.328 e. The number of esters is 1. The third-order valence-corrected chi connectivity index (χ3v) is 3.22. The Labute approximate surface area is 116 Å². The van der Waals surface area contributed by atoms with Crippen LogP contribution in [0.3, 0.4) is 0 Å². The fraction of sp³-hybridized carbons (Fsp3) is 0.385. The van der Waals surface area contributed by atoms with E-state index in [4.69, 9.17) is 5.73 Å². The van der Waals surface area contributed by atoms with E-state index in [1.54, 1.807) is 36.0 Å². The molecule has 1 aromatic carbocycles. The zero-order chi connectivity index (χ0) is 14.3. The van der Waals surface area contributed by atoms with E-state index in [0.29, 0.717) is 17.7 Å². The van der Waals surface area contributed by atoms with E-state index in [0.717, 1.165) is 5.75 Å². The van der Waals surface area contributed by atoms with Crippen molar-refractivity contribution in [1.29, 1.82) is 0 Å². The molecule has 1 atom stereocenters. The quantitative estimate of drug-likeness (QED) is 0.607. The minimum absolute atomic E-state index is 0.309. The van der Waals surface area contributed by atoms with Crippen LogP contribution in [0.1, 0.15) is 16.8 Å². The molecule has 0 aliphatic heterocycles. The van der Waals surface area contributed by atoms with Crippen molar-refractivity contribution in [2.24, 2.45) is 0 Å². The maximum absolute atomic E-state index is 12.0. The molecule has 1 amide bonds. The van der Waals surface area contributed by atoms with E-state index < -0.39 is 12.0 Å². The zero-order valence-electron chi connectivity index (χ0n) is 11.0. The Hall–Kier alpha value is -1.69. The van der Waals surface area contributed by atoms with E-state index in [1.165, 1.54) is 7.11 Å². The van der Waals surface area contributed by atoms with Crippen molar-refractivity contribution in [3.8, 4) is 0 Å². The first-order valence-electron chi connectivity index (χ1n) is 5.81. The molecule has 0 heterocycles. The molecular weight excluding hydrogens is 264 g/mol. The second-order valence-corrected chi connectivity index (χ2v) is 4.94. The summed E-state index contributed by atoms with van der Waals surface area (Å²) in [7, 11) is 1.31. The van der Waals surface area contributed by atoms with Gasteiger partial charge < -0.3 is 15.8 Å². The van der Waals surface area contributed by atoms with Gasteiger partial charge in [-0.05, 0) is 42.7 Å². The molecule has 0 saturated heterocycles. The van der Waals surface area contributed by atoms with Gasteiger partial charge in [0.25, 0.3) is 5.91 Å². The van der Waals surface area contributed by atoms with E-state index in [1.807, 2.05) is 6.26 Å². The van der Waals surface area contributed by atoms with Crippen LogP contribution in [0.25, 0.3) is 0 Å². The molecule has 3 N–H and O–H groups in total. The van der Waals surface area contributed by atoms with Crippen LogP contribution < -0.4 is 11.1 Å². The average Bonchev–Trinajstić information content (AvgIpc) is 2.43. The number of rotatable bonds is 6. The van der Waals surface area contributed by atoms with Crippen LogP contribution in [-0.2, 0) is 9.53 Å². The third kappa shape index (κ3) is 4.82. The van der Waals surface area contributed by atoms with E-state index in [-0.39, 0.29) is 5.91 Å². The molecular formula is C13H18N2O3S. The number of anilines is 1. The van der Waals surface area contributed by atoms with Crippen molar-refractivity contribution < 1.29 is 14.3 Å². The molecule has 19 heavy (non-hydrogen) atoms. The monoisotopic (exact) mass is 282 g/mol. The number of amides is 1. The molecule has 0 aliphatic rings. The van der Waals surface area contributed by atoms with Gasteiger partial charge in [-0.15, -0.1) is 0 Å². The number of hydrogen-bond acceptors (Lipinski definition) is 5. The number of ether oxygens (including phenoxy) is 1. The fourth-order valence-electron chi connectivity index (χ4n) is 1.50. The van der Waals surface area contributed by atoms with Crippen molar-refractivity contribution in [2.45, 2.75) is 12.5 Å². The highest BCUT2D eigenvalue weighted by Gasteiger charge is 2.21. The smallest absolute Gasteiger partial charge is 0.328 e. The van der Waals surface area contributed by atoms with Gasteiger partial charge in [0.2, 0.25) is 0 Å². The SMILES string of the molecule is COC(=O)C(CCSC)NC(=O)c1ccc(N)cc1. The molecule has 0 bridgehead atoms. The summed E-state index contributed by atoms with van der Waals surface area (Å²) in [5.41, 5.74) is 6.61. The van der Waals surface area contributed by atoms with Gasteiger partial charge in [0.05, 0.1) is 7.11 Å². The summed E-state index contributed by atoms with van der Waals surface area (Å²) in [4.78, 5) is 23.6. The second-order valence-electron chi connectivity index (χ2n) is 3.95. The Balaban J connectivity index is 2.69. The highest BCUT2D eigenvalue weighted by atomic mass is 32.2. The Morgan fingerprint density at radius 1 is 1.37 bits per heavy atom. The standard InChI is InChI=1S/C13H18N2O3S/c1-18-13(17)11(7-8-19-2)15-12(16)9-3-5-10(14)6-4-9/h3-6,11H,7-8,14H2,1-2H3,(H,15,16). The summed E-state index contributed by atoms with van der Waals surface area (Å²) in [5, 5.41) is 2.67. The molecule has 0 spiro atoms. The van der Waals surface area contributed by atoms with Crippen molar-refractivity contribution >= 4 is 29.3 Å². The number of nitrogens with two attached hydrogens (primary N) is 1. The summed E-state index contributed by atoms with van der Waals surface area (Å²) >= 11 is 1.61. The van der Waals surface area contributed by atoms with Gasteiger partial charge in [-0.3, -0.25) is 4.79 Å². The molecule has 1 aromatic rings. The summed E-state index contributed by atoms with van der Waals surface area (Å²) in [6.07, 6.45) is 2.48. The highest BCUT2D eigenvalue weighted by molar-refractivity contribution is 7.98. The fourth-order valence-corrected chi connectivity index (χ4v) is 1.97. The van der Waals surface area contributed by atoms with Crippen LogP contribution in [0, 0.1) is 0 Å². The maximum atomic E-state index is 12.0. The molecule has 6 heteroatoms. The molecule has 0 fully saturated rings. The van der Waals surface area contributed by atoms with Crippen LogP contribution in [0.5, 0.6) is 0 Å². The Bertz CT molecular complexity index is 434. The molecule has 104 valence electrons. The minimum Gasteiger partial charge on any atom is -0.467 e. The minimum atomic E-state index is -0.623. The summed E-state index contributed by atoms with van der Waals surface area (Å²) in [5.74, 6) is 0.0243. The highest BCUT2D eigenvalue weighted by Crippen LogP contribution is 2.07. The number of methoxy groups -OCH3 is 1. The van der Waals surface area contributed by atoms with Gasteiger partial charge in [0, 0.05) is 11.3 Å². The van der Waals surface area contributed by atoms with Crippen molar-refractivity contribution in [1.82, 2.24) is 5.32 Å². The number of nitrogen functional groups attached to an aromatic ring is 1. The summed E-state index contributed by atoms with van der Waals surface area (Å²) in [6.45, 7) is 0. The van der Waals surface area contributed by atoms with Crippen LogP contribution >= 0.6 is 11.8 Å². The van der Waals surface area contributed by atoms with Gasteiger partial charge in [-0.1, -0.05) is 0 Å². The lowest BCUT2D eigenvalue weighted by Crippen LogP contribution is -2.41. The van der Waals surface area contributed by atoms with Crippen molar-refractivity contribution in [3.63, 3.8) is 0 Å². The van der Waals surface area contributed by atoms with Crippen molar-refractivity contribution in [3.05, 3.63) is 29.8 Å². The van der Waals surface area contributed by atoms with Crippen LogP contribution in [0.2, 0.25) is 0 Å². The normalized spacial score (nSPS) is 11.7. The van der Waals surface area contributed by atoms with Gasteiger partial charge >= 0.3 is 5.97 Å². The largest absolute Gasteiger partial charge is 0.467 e. The zero-order valence-corrected chi connectivity index (χ0v) is 11.8. The van der Waals surface area contributed by atoms with E-state index in [9.17, 15) is 9.59 Å². The number of carbonyl (C=O) groups excluding carboxylic acids is 2. The number of nitrogens with one attached hydrogen (secondary N) is 1. The lowest BCUT2D eigenvalue weighted by Gasteiger charge is -2.16. The first kappa shape index (κ1) is 15.4. The third-order valence-electron chi connectivity index (χ3n) is 2.57. The van der Waals surface area contributed by atoms with E-state index in [2.05, 4.69) is 10.1 Å². The predicted octanol–water partition coefficient (Wildman–Crippen LogP) is 1.29. The first-order chi connectivity index (χ1) is 9.08. The average molecular weight is 282 g/mol. The second kappa shape index (κ2) is 7.68. The number of thioether (sulfide) groups is 1. The number of carbonyl (C=O) groups is 2. The first-order valence-corrected chi connectivity index (χ1v) is 7.21. The van der Waals surface area contributed by atoms with Crippen LogP contribution in [0.15, 0.2) is 24.3 Å². The molecule has 0 saturated carbocycles. The van der Waals surface area contributed by atoms with Crippen LogP contribution in [0.4, 0.5) is 5.69 Å². The van der Waals surface area contributed by atoms with Crippen molar-refractivity contribution in [2.75, 3.05) is 24.9 Å². The Morgan fingerprint density at radius 2 is 2.00 bits per heavy atom. The van der Waals surface area contributed by atoms with Gasteiger partial charge in [-0.2, -0.15) is 11.8 Å². The lowest BCUT2D eigenvalue weighted by molar-refractivity contribution is -0.142. The van der Waals surface area contributed by atoms with Gasteiger partial charge in [0.15, 0.2) is 0 Å². The molecule has 0 radical (unpaired) electrons. The molecule has 5 nitrogen and oxygen atoms in total. The molecule has 1 unspecified atom stereocenters. The summed E-state index contributed by atoms with van der Waals surface area (Å²) < 4.78 is 4.68. The Kier molecular flexibility index (Phi) is 6.21. The van der Waals surface area contributed by atoms with E-state index >= 15 is 0 Å². The lowest BCUT2D eigenvalue weighted by atomic mass is 10.1. The number of benzene rings is 1. The van der Waals surface area contributed by atoms with Gasteiger partial charge in [0.1, 0.15) is 6.04 Å². The summed E-state index contributed by atoms with van der Waals surface area (Å²) in [6, 6.07) is 5.90. The predicted molar refractivity (Wildman–Crippen MR) is 77.1 cm³/mol. The van der Waals surface area contributed by atoms with Gasteiger partial charge in [-0.25, -0.2) is 4.79 Å².